The first-order valence-corrected chi connectivity index (χ1v) is 5.96. The fourth-order valence-corrected chi connectivity index (χ4v) is 1.44. The zero-order valence-electron chi connectivity index (χ0n) is 9.77. The quantitative estimate of drug-likeness (QED) is 0.651. The summed E-state index contributed by atoms with van der Waals surface area (Å²) in [4.78, 5) is 11.5. The van der Waals surface area contributed by atoms with E-state index in [1.165, 1.54) is 0 Å². The van der Waals surface area contributed by atoms with E-state index in [-0.39, 0.29) is 10.9 Å². The Morgan fingerprint density at radius 3 is 2.39 bits per heavy atom. The van der Waals surface area contributed by atoms with Crippen molar-refractivity contribution in [3.8, 4) is 0 Å². The summed E-state index contributed by atoms with van der Waals surface area (Å²) in [6, 6.07) is 1.32. The number of hydrogen-bond donors (Lipinski definition) is 1. The lowest BCUT2D eigenvalue weighted by atomic mass is 10.2. The highest BCUT2D eigenvalue weighted by atomic mass is 35.5. The standard InChI is InChI=1S/C12H13ClF3NO/c1-2-8(13)3-4-17-12(18)7-5-9(14)11(16)10(15)6-7/h5-6,8H,2-4H2,1H3,(H,17,18). The molecule has 6 heteroatoms. The van der Waals surface area contributed by atoms with Gasteiger partial charge in [0.2, 0.25) is 0 Å². The van der Waals surface area contributed by atoms with Crippen LogP contribution in [0.1, 0.15) is 30.1 Å². The second kappa shape index (κ2) is 6.64. The van der Waals surface area contributed by atoms with E-state index in [0.29, 0.717) is 25.1 Å². The molecule has 0 heterocycles. The van der Waals surface area contributed by atoms with Crippen LogP contribution in [0.25, 0.3) is 0 Å². The first kappa shape index (κ1) is 14.8. The summed E-state index contributed by atoms with van der Waals surface area (Å²) in [6.07, 6.45) is 1.31. The van der Waals surface area contributed by atoms with E-state index in [2.05, 4.69) is 5.32 Å². The van der Waals surface area contributed by atoms with Gasteiger partial charge in [0.05, 0.1) is 0 Å². The molecule has 1 N–H and O–H groups in total. The molecule has 100 valence electrons. The number of alkyl halides is 1. The van der Waals surface area contributed by atoms with Crippen LogP contribution < -0.4 is 5.32 Å². The minimum atomic E-state index is -1.58. The zero-order chi connectivity index (χ0) is 13.7. The molecule has 1 rings (SSSR count). The van der Waals surface area contributed by atoms with Gasteiger partial charge in [0.1, 0.15) is 0 Å². The van der Waals surface area contributed by atoms with Crippen LogP contribution >= 0.6 is 11.6 Å². The molecule has 1 aromatic rings. The van der Waals surface area contributed by atoms with Crippen molar-refractivity contribution in [3.05, 3.63) is 35.1 Å². The molecule has 0 aliphatic rings. The second-order valence-electron chi connectivity index (χ2n) is 3.80. The van der Waals surface area contributed by atoms with Crippen molar-refractivity contribution in [2.24, 2.45) is 0 Å². The Morgan fingerprint density at radius 2 is 1.89 bits per heavy atom. The molecule has 0 radical (unpaired) electrons. The number of nitrogens with one attached hydrogen (secondary N) is 1. The molecule has 0 fully saturated rings. The number of carbonyl (C=O) groups excluding carboxylic acids is 1. The van der Waals surface area contributed by atoms with Crippen LogP contribution in [0.3, 0.4) is 0 Å². The third-order valence-electron chi connectivity index (χ3n) is 2.43. The monoisotopic (exact) mass is 279 g/mol. The summed E-state index contributed by atoms with van der Waals surface area (Å²) in [5.41, 5.74) is -0.256. The largest absolute Gasteiger partial charge is 0.352 e. The highest BCUT2D eigenvalue weighted by Gasteiger charge is 2.14. The number of rotatable bonds is 5. The molecule has 1 unspecified atom stereocenters. The van der Waals surface area contributed by atoms with E-state index in [1.807, 2.05) is 6.92 Å². The van der Waals surface area contributed by atoms with Gasteiger partial charge in [-0.3, -0.25) is 4.79 Å². The Kier molecular flexibility index (Phi) is 5.47. The molecule has 0 bridgehead atoms. The van der Waals surface area contributed by atoms with E-state index < -0.39 is 23.4 Å². The van der Waals surface area contributed by atoms with Crippen molar-refractivity contribution in [2.75, 3.05) is 6.54 Å². The van der Waals surface area contributed by atoms with Gasteiger partial charge in [0.25, 0.3) is 5.91 Å². The number of benzene rings is 1. The van der Waals surface area contributed by atoms with Crippen LogP contribution in [0.2, 0.25) is 0 Å². The first-order valence-electron chi connectivity index (χ1n) is 5.52. The second-order valence-corrected chi connectivity index (χ2v) is 4.42. The van der Waals surface area contributed by atoms with E-state index >= 15 is 0 Å². The van der Waals surface area contributed by atoms with Crippen molar-refractivity contribution in [1.82, 2.24) is 5.32 Å². The summed E-state index contributed by atoms with van der Waals surface area (Å²) >= 11 is 5.85. The van der Waals surface area contributed by atoms with E-state index in [1.54, 1.807) is 0 Å². The van der Waals surface area contributed by atoms with Crippen molar-refractivity contribution in [1.29, 1.82) is 0 Å². The van der Waals surface area contributed by atoms with Gasteiger partial charge in [0, 0.05) is 17.5 Å². The van der Waals surface area contributed by atoms with Gasteiger partial charge in [-0.05, 0) is 25.0 Å². The molecule has 0 saturated heterocycles. The van der Waals surface area contributed by atoms with Crippen LogP contribution in [-0.2, 0) is 0 Å². The highest BCUT2D eigenvalue weighted by Crippen LogP contribution is 2.13. The SMILES string of the molecule is CCC(Cl)CCNC(=O)c1cc(F)c(F)c(F)c1. The molecule has 0 saturated carbocycles. The summed E-state index contributed by atoms with van der Waals surface area (Å²) in [5.74, 6) is -5.01. The molecule has 0 aliphatic carbocycles. The normalized spacial score (nSPS) is 12.3. The van der Waals surface area contributed by atoms with Gasteiger partial charge in [0.15, 0.2) is 17.5 Å². The smallest absolute Gasteiger partial charge is 0.251 e. The average molecular weight is 280 g/mol. The maximum atomic E-state index is 12.9. The highest BCUT2D eigenvalue weighted by molar-refractivity contribution is 6.20. The molecule has 0 aromatic heterocycles. The van der Waals surface area contributed by atoms with Gasteiger partial charge in [-0.1, -0.05) is 6.92 Å². The molecular weight excluding hydrogens is 267 g/mol. The molecular formula is C12H13ClF3NO. The predicted molar refractivity (Wildman–Crippen MR) is 63.2 cm³/mol. The Labute approximate surface area is 108 Å². The van der Waals surface area contributed by atoms with Gasteiger partial charge in [-0.2, -0.15) is 0 Å². The number of amides is 1. The van der Waals surface area contributed by atoms with Crippen molar-refractivity contribution >= 4 is 17.5 Å². The van der Waals surface area contributed by atoms with Gasteiger partial charge >= 0.3 is 0 Å². The Morgan fingerprint density at radius 1 is 1.33 bits per heavy atom. The summed E-state index contributed by atoms with van der Waals surface area (Å²) in [6.45, 7) is 2.20. The summed E-state index contributed by atoms with van der Waals surface area (Å²) in [7, 11) is 0. The van der Waals surface area contributed by atoms with Crippen LogP contribution in [-0.4, -0.2) is 17.8 Å². The van der Waals surface area contributed by atoms with E-state index in [4.69, 9.17) is 11.6 Å². The fraction of sp³-hybridized carbons (Fsp3) is 0.417. The summed E-state index contributed by atoms with van der Waals surface area (Å²) in [5, 5.41) is 2.40. The minimum absolute atomic E-state index is 0.0630. The molecule has 0 spiro atoms. The van der Waals surface area contributed by atoms with Gasteiger partial charge in [-0.25, -0.2) is 13.2 Å². The van der Waals surface area contributed by atoms with Crippen LogP contribution in [0, 0.1) is 17.5 Å². The van der Waals surface area contributed by atoms with E-state index in [9.17, 15) is 18.0 Å². The van der Waals surface area contributed by atoms with Crippen LogP contribution in [0.5, 0.6) is 0 Å². The average Bonchev–Trinajstić information content (AvgIpc) is 2.34. The summed E-state index contributed by atoms with van der Waals surface area (Å²) < 4.78 is 38.5. The lowest BCUT2D eigenvalue weighted by molar-refractivity contribution is 0.0952. The van der Waals surface area contributed by atoms with Crippen molar-refractivity contribution < 1.29 is 18.0 Å². The topological polar surface area (TPSA) is 29.1 Å². The number of hydrogen-bond acceptors (Lipinski definition) is 1. The van der Waals surface area contributed by atoms with Gasteiger partial charge < -0.3 is 5.32 Å². The molecule has 18 heavy (non-hydrogen) atoms. The predicted octanol–water partition coefficient (Wildman–Crippen LogP) is 3.24. The third-order valence-corrected chi connectivity index (χ3v) is 2.96. The van der Waals surface area contributed by atoms with Gasteiger partial charge in [-0.15, -0.1) is 11.6 Å². The van der Waals surface area contributed by atoms with Crippen molar-refractivity contribution in [2.45, 2.75) is 25.1 Å². The Bertz CT molecular complexity index is 416. The van der Waals surface area contributed by atoms with Crippen LogP contribution in [0.15, 0.2) is 12.1 Å². The Hall–Kier alpha value is -1.23. The van der Waals surface area contributed by atoms with Crippen LogP contribution in [0.4, 0.5) is 13.2 Å². The molecule has 1 amide bonds. The lowest BCUT2D eigenvalue weighted by Crippen LogP contribution is -2.26. The molecule has 1 atom stereocenters. The van der Waals surface area contributed by atoms with E-state index in [0.717, 1.165) is 6.42 Å². The molecule has 0 aliphatic heterocycles. The lowest BCUT2D eigenvalue weighted by Gasteiger charge is -2.08. The Balaban J connectivity index is 2.62. The maximum Gasteiger partial charge on any atom is 0.251 e. The van der Waals surface area contributed by atoms with Crippen molar-refractivity contribution in [3.63, 3.8) is 0 Å². The maximum absolute atomic E-state index is 12.9. The first-order chi connectivity index (χ1) is 8.45. The molecule has 2 nitrogen and oxygen atoms in total. The molecule has 1 aromatic carbocycles. The minimum Gasteiger partial charge on any atom is -0.352 e. The zero-order valence-corrected chi connectivity index (χ0v) is 10.5. The third kappa shape index (κ3) is 3.91. The fourth-order valence-electron chi connectivity index (χ4n) is 1.34. The number of halogens is 4. The number of carbonyl (C=O) groups is 1.